The Bertz CT molecular complexity index is 414. The second-order valence-electron chi connectivity index (χ2n) is 4.92. The minimum absolute atomic E-state index is 0.160. The lowest BCUT2D eigenvalue weighted by Crippen LogP contribution is -2.33. The summed E-state index contributed by atoms with van der Waals surface area (Å²) in [4.78, 5) is 0. The van der Waals surface area contributed by atoms with Gasteiger partial charge in [0.25, 0.3) is 0 Å². The molecule has 98 valence electrons. The normalized spacial score (nSPS) is 24.6. The van der Waals surface area contributed by atoms with Gasteiger partial charge in [0.05, 0.1) is 23.3 Å². The zero-order chi connectivity index (χ0) is 12.4. The first kappa shape index (κ1) is 12.5. The molecule has 1 aromatic carbocycles. The predicted octanol–water partition coefficient (Wildman–Crippen LogP) is 3.04. The molecule has 2 aliphatic rings. The van der Waals surface area contributed by atoms with Crippen LogP contribution < -0.4 is 10.1 Å². The first-order chi connectivity index (χ1) is 8.83. The van der Waals surface area contributed by atoms with Crippen LogP contribution in [0.2, 0.25) is 0 Å². The van der Waals surface area contributed by atoms with Crippen molar-refractivity contribution >= 4 is 15.9 Å². The quantitative estimate of drug-likeness (QED) is 0.930. The number of halogens is 1. The monoisotopic (exact) mass is 311 g/mol. The largest absolute Gasteiger partial charge is 0.489 e. The standard InChI is InChI=1S/C14H18BrNO2/c15-12-8-10(14-9-16-6-7-17-14)4-5-13(12)18-11-2-1-3-11/h4-5,8,11,14,16H,1-3,6-7,9H2. The van der Waals surface area contributed by atoms with Crippen molar-refractivity contribution in [1.29, 1.82) is 0 Å². The maximum atomic E-state index is 5.92. The molecule has 1 aromatic rings. The van der Waals surface area contributed by atoms with Gasteiger partial charge in [0.15, 0.2) is 0 Å². The molecule has 1 atom stereocenters. The lowest BCUT2D eigenvalue weighted by Gasteiger charge is -2.28. The minimum atomic E-state index is 0.160. The molecule has 1 aliphatic heterocycles. The number of rotatable bonds is 3. The number of morpholine rings is 1. The van der Waals surface area contributed by atoms with E-state index in [0.29, 0.717) is 6.10 Å². The van der Waals surface area contributed by atoms with Crippen LogP contribution in [0, 0.1) is 0 Å². The Morgan fingerprint density at radius 2 is 2.22 bits per heavy atom. The molecule has 0 radical (unpaired) electrons. The molecule has 1 unspecified atom stereocenters. The maximum Gasteiger partial charge on any atom is 0.133 e. The molecule has 3 nitrogen and oxygen atoms in total. The van der Waals surface area contributed by atoms with Gasteiger partial charge < -0.3 is 14.8 Å². The van der Waals surface area contributed by atoms with Crippen molar-refractivity contribution in [3.8, 4) is 5.75 Å². The van der Waals surface area contributed by atoms with Crippen molar-refractivity contribution in [1.82, 2.24) is 5.32 Å². The highest BCUT2D eigenvalue weighted by Crippen LogP contribution is 2.33. The second kappa shape index (κ2) is 5.59. The Labute approximate surface area is 116 Å². The molecule has 0 aromatic heterocycles. The van der Waals surface area contributed by atoms with Crippen LogP contribution in [0.25, 0.3) is 0 Å². The van der Waals surface area contributed by atoms with Gasteiger partial charge in [0.2, 0.25) is 0 Å². The van der Waals surface area contributed by atoms with Gasteiger partial charge in [0.1, 0.15) is 5.75 Å². The first-order valence-corrected chi connectivity index (χ1v) is 7.40. The summed E-state index contributed by atoms with van der Waals surface area (Å²) in [5.41, 5.74) is 1.20. The Morgan fingerprint density at radius 1 is 1.33 bits per heavy atom. The van der Waals surface area contributed by atoms with E-state index in [1.807, 2.05) is 0 Å². The van der Waals surface area contributed by atoms with E-state index in [1.165, 1.54) is 24.8 Å². The Kier molecular flexibility index (Phi) is 3.87. The van der Waals surface area contributed by atoms with Crippen LogP contribution in [0.5, 0.6) is 5.75 Å². The topological polar surface area (TPSA) is 30.5 Å². The van der Waals surface area contributed by atoms with Crippen LogP contribution in [0.3, 0.4) is 0 Å². The molecule has 1 saturated carbocycles. The van der Waals surface area contributed by atoms with E-state index in [9.17, 15) is 0 Å². The number of hydrogen-bond acceptors (Lipinski definition) is 3. The number of nitrogens with one attached hydrogen (secondary N) is 1. The summed E-state index contributed by atoms with van der Waals surface area (Å²) in [5.74, 6) is 0.951. The van der Waals surface area contributed by atoms with E-state index < -0.39 is 0 Å². The summed E-state index contributed by atoms with van der Waals surface area (Å²) >= 11 is 3.59. The molecule has 1 aliphatic carbocycles. The van der Waals surface area contributed by atoms with E-state index >= 15 is 0 Å². The molecule has 2 fully saturated rings. The average molecular weight is 312 g/mol. The fourth-order valence-corrected chi connectivity index (χ4v) is 2.75. The van der Waals surface area contributed by atoms with Gasteiger partial charge in [-0.1, -0.05) is 6.07 Å². The highest BCUT2D eigenvalue weighted by molar-refractivity contribution is 9.10. The fraction of sp³-hybridized carbons (Fsp3) is 0.571. The lowest BCUT2D eigenvalue weighted by atomic mass is 9.96. The summed E-state index contributed by atoms with van der Waals surface area (Å²) in [5, 5.41) is 3.35. The molecular formula is C14H18BrNO2. The van der Waals surface area contributed by atoms with Gasteiger partial charge in [-0.05, 0) is 52.9 Å². The van der Waals surface area contributed by atoms with E-state index in [1.54, 1.807) is 0 Å². The second-order valence-corrected chi connectivity index (χ2v) is 5.78. The Morgan fingerprint density at radius 3 is 2.83 bits per heavy atom. The third-order valence-corrected chi connectivity index (χ3v) is 4.22. The maximum absolute atomic E-state index is 5.92. The molecular weight excluding hydrogens is 294 g/mol. The summed E-state index contributed by atoms with van der Waals surface area (Å²) < 4.78 is 12.7. The molecule has 3 rings (SSSR count). The lowest BCUT2D eigenvalue weighted by molar-refractivity contribution is 0.0276. The molecule has 18 heavy (non-hydrogen) atoms. The average Bonchev–Trinajstić information content (AvgIpc) is 2.36. The highest BCUT2D eigenvalue weighted by Gasteiger charge is 2.21. The van der Waals surface area contributed by atoms with Crippen LogP contribution in [0.1, 0.15) is 30.9 Å². The van der Waals surface area contributed by atoms with Gasteiger partial charge in [-0.25, -0.2) is 0 Å². The number of ether oxygens (including phenoxy) is 2. The van der Waals surface area contributed by atoms with E-state index in [0.717, 1.165) is 29.9 Å². The summed E-state index contributed by atoms with van der Waals surface area (Å²) in [6.07, 6.45) is 4.24. The van der Waals surface area contributed by atoms with Crippen LogP contribution in [0.4, 0.5) is 0 Å². The van der Waals surface area contributed by atoms with Crippen molar-refractivity contribution in [2.24, 2.45) is 0 Å². The molecule has 0 amide bonds. The van der Waals surface area contributed by atoms with Crippen molar-refractivity contribution < 1.29 is 9.47 Å². The SMILES string of the molecule is Brc1cc(C2CNCCO2)ccc1OC1CCC1. The van der Waals surface area contributed by atoms with Gasteiger partial charge in [-0.2, -0.15) is 0 Å². The summed E-state index contributed by atoms with van der Waals surface area (Å²) in [7, 11) is 0. The van der Waals surface area contributed by atoms with Crippen molar-refractivity contribution in [3.63, 3.8) is 0 Å². The summed E-state index contributed by atoms with van der Waals surface area (Å²) in [6.45, 7) is 2.61. The van der Waals surface area contributed by atoms with Crippen molar-refractivity contribution in [3.05, 3.63) is 28.2 Å². The first-order valence-electron chi connectivity index (χ1n) is 6.61. The Hall–Kier alpha value is -0.580. The van der Waals surface area contributed by atoms with Crippen molar-refractivity contribution in [2.75, 3.05) is 19.7 Å². The highest BCUT2D eigenvalue weighted by atomic mass is 79.9. The smallest absolute Gasteiger partial charge is 0.133 e. The number of benzene rings is 1. The molecule has 1 N–H and O–H groups in total. The van der Waals surface area contributed by atoms with E-state index in [-0.39, 0.29) is 6.10 Å². The van der Waals surface area contributed by atoms with Crippen LogP contribution in [-0.4, -0.2) is 25.8 Å². The van der Waals surface area contributed by atoms with Crippen LogP contribution in [-0.2, 0) is 4.74 Å². The van der Waals surface area contributed by atoms with E-state index in [4.69, 9.17) is 9.47 Å². The van der Waals surface area contributed by atoms with Gasteiger partial charge in [-0.3, -0.25) is 0 Å². The van der Waals surface area contributed by atoms with Crippen LogP contribution in [0.15, 0.2) is 22.7 Å². The van der Waals surface area contributed by atoms with Gasteiger partial charge in [0, 0.05) is 13.1 Å². The minimum Gasteiger partial charge on any atom is -0.489 e. The predicted molar refractivity (Wildman–Crippen MR) is 74.0 cm³/mol. The Balaban J connectivity index is 1.70. The van der Waals surface area contributed by atoms with Gasteiger partial charge >= 0.3 is 0 Å². The van der Waals surface area contributed by atoms with Gasteiger partial charge in [-0.15, -0.1) is 0 Å². The fourth-order valence-electron chi connectivity index (χ4n) is 2.26. The zero-order valence-corrected chi connectivity index (χ0v) is 11.9. The van der Waals surface area contributed by atoms with E-state index in [2.05, 4.69) is 39.4 Å². The third kappa shape index (κ3) is 2.71. The molecule has 1 saturated heterocycles. The summed E-state index contributed by atoms with van der Waals surface area (Å²) in [6, 6.07) is 6.28. The third-order valence-electron chi connectivity index (χ3n) is 3.60. The molecule has 1 heterocycles. The molecule has 4 heteroatoms. The van der Waals surface area contributed by atoms with Crippen molar-refractivity contribution in [2.45, 2.75) is 31.5 Å². The molecule has 0 bridgehead atoms. The molecule has 0 spiro atoms. The van der Waals surface area contributed by atoms with Crippen LogP contribution >= 0.6 is 15.9 Å². The zero-order valence-electron chi connectivity index (χ0n) is 10.3. The number of hydrogen-bond donors (Lipinski definition) is 1.